The number of rotatable bonds is 6. The number of furan rings is 1. The van der Waals surface area contributed by atoms with Crippen molar-refractivity contribution in [3.63, 3.8) is 0 Å². The van der Waals surface area contributed by atoms with E-state index in [-0.39, 0.29) is 17.1 Å². The summed E-state index contributed by atoms with van der Waals surface area (Å²) in [5.41, 5.74) is 0.908. The van der Waals surface area contributed by atoms with Gasteiger partial charge in [0.25, 0.3) is 0 Å². The third kappa shape index (κ3) is 4.57. The quantitative estimate of drug-likeness (QED) is 0.351. The topological polar surface area (TPSA) is 94.6 Å². The minimum absolute atomic E-state index is 0.115. The molecule has 0 aliphatic rings. The number of halogens is 1. The summed E-state index contributed by atoms with van der Waals surface area (Å²) in [6, 6.07) is 14.9. The maximum Gasteiger partial charge on any atom is 0.312 e. The van der Waals surface area contributed by atoms with Gasteiger partial charge in [0.2, 0.25) is 5.91 Å². The molecule has 2 aromatic carbocycles. The zero-order valence-electron chi connectivity index (χ0n) is 14.7. The Labute approximate surface area is 165 Å². The van der Waals surface area contributed by atoms with Crippen molar-refractivity contribution in [2.45, 2.75) is 0 Å². The Morgan fingerprint density at radius 1 is 1.18 bits per heavy atom. The van der Waals surface area contributed by atoms with Gasteiger partial charge in [-0.1, -0.05) is 11.6 Å². The molecule has 0 saturated heterocycles. The lowest BCUT2D eigenvalue weighted by molar-refractivity contribution is -0.385. The first-order chi connectivity index (χ1) is 13.5. The first-order valence-corrected chi connectivity index (χ1v) is 8.51. The Balaban J connectivity index is 1.68. The smallest absolute Gasteiger partial charge is 0.312 e. The molecule has 0 atom stereocenters. The summed E-state index contributed by atoms with van der Waals surface area (Å²) in [4.78, 5) is 22.5. The number of nitro benzene ring substituents is 1. The number of amides is 1. The lowest BCUT2D eigenvalue weighted by Crippen LogP contribution is -2.08. The first-order valence-electron chi connectivity index (χ1n) is 8.13. The molecular formula is C20H15ClN2O5. The Morgan fingerprint density at radius 3 is 2.61 bits per heavy atom. The lowest BCUT2D eigenvalue weighted by Gasteiger charge is -2.05. The van der Waals surface area contributed by atoms with E-state index in [1.165, 1.54) is 37.5 Å². The lowest BCUT2D eigenvalue weighted by atomic mass is 10.2. The molecule has 1 amide bonds. The number of nitro groups is 1. The Morgan fingerprint density at radius 2 is 1.93 bits per heavy atom. The van der Waals surface area contributed by atoms with E-state index in [0.29, 0.717) is 16.5 Å². The van der Waals surface area contributed by atoms with Gasteiger partial charge >= 0.3 is 5.69 Å². The van der Waals surface area contributed by atoms with Crippen LogP contribution < -0.4 is 10.1 Å². The van der Waals surface area contributed by atoms with Crippen LogP contribution in [0.5, 0.6) is 5.75 Å². The van der Waals surface area contributed by atoms with Crippen LogP contribution in [0.15, 0.2) is 65.1 Å². The number of nitrogens with zero attached hydrogens (tertiary/aromatic N) is 1. The van der Waals surface area contributed by atoms with Crippen LogP contribution in [0.25, 0.3) is 17.4 Å². The van der Waals surface area contributed by atoms with E-state index in [0.717, 1.165) is 5.56 Å². The summed E-state index contributed by atoms with van der Waals surface area (Å²) >= 11 is 5.87. The van der Waals surface area contributed by atoms with Gasteiger partial charge in [-0.2, -0.15) is 0 Å². The number of hydrogen-bond donors (Lipinski definition) is 1. The van der Waals surface area contributed by atoms with Crippen LogP contribution in [0, 0.1) is 10.1 Å². The molecular weight excluding hydrogens is 384 g/mol. The fraction of sp³-hybridized carbons (Fsp3) is 0.0500. The molecule has 0 spiro atoms. The van der Waals surface area contributed by atoms with Crippen molar-refractivity contribution in [2.75, 3.05) is 12.4 Å². The molecule has 0 aliphatic heterocycles. The highest BCUT2D eigenvalue weighted by Crippen LogP contribution is 2.29. The van der Waals surface area contributed by atoms with E-state index in [1.54, 1.807) is 24.3 Å². The van der Waals surface area contributed by atoms with Crippen LogP contribution in [-0.2, 0) is 4.79 Å². The van der Waals surface area contributed by atoms with Crippen LogP contribution in [0.2, 0.25) is 5.02 Å². The molecule has 0 bridgehead atoms. The molecule has 1 aromatic heterocycles. The van der Waals surface area contributed by atoms with Gasteiger partial charge in [-0.3, -0.25) is 14.9 Å². The number of carbonyl (C=O) groups is 1. The van der Waals surface area contributed by atoms with Gasteiger partial charge < -0.3 is 14.5 Å². The van der Waals surface area contributed by atoms with Crippen molar-refractivity contribution in [3.8, 4) is 17.1 Å². The third-order valence-electron chi connectivity index (χ3n) is 3.80. The normalized spacial score (nSPS) is 10.8. The second-order valence-electron chi connectivity index (χ2n) is 5.68. The average Bonchev–Trinajstić information content (AvgIpc) is 3.16. The highest BCUT2D eigenvalue weighted by molar-refractivity contribution is 6.30. The predicted molar refractivity (Wildman–Crippen MR) is 106 cm³/mol. The summed E-state index contributed by atoms with van der Waals surface area (Å²) in [7, 11) is 1.34. The SMILES string of the molecule is COc1ccc(NC(=O)C=Cc2ccc(-c3ccc(Cl)cc3)o2)cc1[N+](=O)[O-]. The van der Waals surface area contributed by atoms with Gasteiger partial charge in [0.15, 0.2) is 5.75 Å². The Bertz CT molecular complexity index is 1040. The molecule has 1 heterocycles. The second-order valence-corrected chi connectivity index (χ2v) is 6.11. The molecule has 142 valence electrons. The zero-order valence-corrected chi connectivity index (χ0v) is 15.5. The van der Waals surface area contributed by atoms with E-state index in [1.807, 2.05) is 12.1 Å². The van der Waals surface area contributed by atoms with Crippen molar-refractivity contribution < 1.29 is 18.9 Å². The second kappa shape index (κ2) is 8.41. The number of methoxy groups -OCH3 is 1. The fourth-order valence-corrected chi connectivity index (χ4v) is 2.59. The van der Waals surface area contributed by atoms with Crippen molar-refractivity contribution in [2.24, 2.45) is 0 Å². The molecule has 28 heavy (non-hydrogen) atoms. The summed E-state index contributed by atoms with van der Waals surface area (Å²) in [6.45, 7) is 0. The Kier molecular flexibility index (Phi) is 5.76. The largest absolute Gasteiger partial charge is 0.490 e. The molecule has 8 heteroatoms. The number of carbonyl (C=O) groups excluding carboxylic acids is 1. The standard InChI is InChI=1S/C20H15ClN2O5/c1-27-19-9-6-15(12-17(19)23(25)26)22-20(24)11-8-16-7-10-18(28-16)13-2-4-14(21)5-3-13/h2-12H,1H3,(H,22,24). The summed E-state index contributed by atoms with van der Waals surface area (Å²) in [5.74, 6) is 0.788. The molecule has 0 radical (unpaired) electrons. The number of ether oxygens (including phenoxy) is 1. The summed E-state index contributed by atoms with van der Waals surface area (Å²) in [5, 5.41) is 14.2. The fourth-order valence-electron chi connectivity index (χ4n) is 2.46. The van der Waals surface area contributed by atoms with Gasteiger partial charge in [-0.05, 0) is 54.6 Å². The van der Waals surface area contributed by atoms with Gasteiger partial charge in [-0.25, -0.2) is 0 Å². The van der Waals surface area contributed by atoms with E-state index in [9.17, 15) is 14.9 Å². The van der Waals surface area contributed by atoms with E-state index in [4.69, 9.17) is 20.8 Å². The van der Waals surface area contributed by atoms with Crippen molar-refractivity contribution in [1.82, 2.24) is 0 Å². The monoisotopic (exact) mass is 398 g/mol. The first kappa shape index (κ1) is 19.2. The number of anilines is 1. The van der Waals surface area contributed by atoms with Crippen LogP contribution >= 0.6 is 11.6 Å². The van der Waals surface area contributed by atoms with Crippen LogP contribution in [0.1, 0.15) is 5.76 Å². The molecule has 0 fully saturated rings. The van der Waals surface area contributed by atoms with Crippen molar-refractivity contribution in [3.05, 3.63) is 81.6 Å². The van der Waals surface area contributed by atoms with Crippen LogP contribution in [-0.4, -0.2) is 17.9 Å². The molecule has 3 rings (SSSR count). The van der Waals surface area contributed by atoms with Crippen LogP contribution in [0.4, 0.5) is 11.4 Å². The van der Waals surface area contributed by atoms with Crippen molar-refractivity contribution in [1.29, 1.82) is 0 Å². The average molecular weight is 399 g/mol. The van der Waals surface area contributed by atoms with Gasteiger partial charge in [0.05, 0.1) is 12.0 Å². The minimum Gasteiger partial charge on any atom is -0.490 e. The highest BCUT2D eigenvalue weighted by atomic mass is 35.5. The molecule has 3 aromatic rings. The Hall–Kier alpha value is -3.58. The summed E-state index contributed by atoms with van der Waals surface area (Å²) < 4.78 is 10.6. The maximum atomic E-state index is 12.1. The summed E-state index contributed by atoms with van der Waals surface area (Å²) in [6.07, 6.45) is 2.78. The van der Waals surface area contributed by atoms with Gasteiger partial charge in [0, 0.05) is 28.4 Å². The number of nitrogens with one attached hydrogen (secondary N) is 1. The van der Waals surface area contributed by atoms with E-state index < -0.39 is 10.8 Å². The minimum atomic E-state index is -0.578. The van der Waals surface area contributed by atoms with Gasteiger partial charge in [0.1, 0.15) is 11.5 Å². The van der Waals surface area contributed by atoms with E-state index >= 15 is 0 Å². The zero-order chi connectivity index (χ0) is 20.1. The number of benzene rings is 2. The van der Waals surface area contributed by atoms with E-state index in [2.05, 4.69) is 5.32 Å². The highest BCUT2D eigenvalue weighted by Gasteiger charge is 2.15. The molecule has 7 nitrogen and oxygen atoms in total. The molecule has 1 N–H and O–H groups in total. The molecule has 0 saturated carbocycles. The van der Waals surface area contributed by atoms with Crippen LogP contribution in [0.3, 0.4) is 0 Å². The predicted octanol–water partition coefficient (Wildman–Crippen LogP) is 5.17. The maximum absolute atomic E-state index is 12.1. The van der Waals surface area contributed by atoms with Crippen molar-refractivity contribution >= 4 is 35.0 Å². The molecule has 0 aliphatic carbocycles. The molecule has 0 unspecified atom stereocenters. The number of hydrogen-bond acceptors (Lipinski definition) is 5. The van der Waals surface area contributed by atoms with Gasteiger partial charge in [-0.15, -0.1) is 0 Å². The third-order valence-corrected chi connectivity index (χ3v) is 4.05.